The molecule has 1 N–H and O–H groups in total. The van der Waals surface area contributed by atoms with E-state index in [0.717, 1.165) is 12.1 Å². The molecule has 25 heavy (non-hydrogen) atoms. The van der Waals surface area contributed by atoms with Crippen molar-refractivity contribution in [2.45, 2.75) is 11.3 Å². The predicted octanol–water partition coefficient (Wildman–Crippen LogP) is 3.16. The highest BCUT2D eigenvalue weighted by atomic mass is 32.2. The van der Waals surface area contributed by atoms with Crippen LogP contribution in [0.1, 0.15) is 0 Å². The normalized spacial score (nSPS) is 14.0. The summed E-state index contributed by atoms with van der Waals surface area (Å²) in [5.74, 6) is -0.0266. The first-order valence-corrected chi connectivity index (χ1v) is 8.50. The van der Waals surface area contributed by atoms with Crippen LogP contribution in [0.2, 0.25) is 0 Å². The van der Waals surface area contributed by atoms with E-state index in [2.05, 4.69) is 9.46 Å². The molecule has 1 aliphatic rings. The Kier molecular flexibility index (Phi) is 4.38. The number of alkyl halides is 3. The van der Waals surface area contributed by atoms with Gasteiger partial charge in [-0.15, -0.1) is 13.2 Å². The Hall–Kier alpha value is -2.62. The van der Waals surface area contributed by atoms with Crippen LogP contribution in [0, 0.1) is 0 Å². The van der Waals surface area contributed by atoms with Crippen LogP contribution in [0.15, 0.2) is 47.4 Å². The topological polar surface area (TPSA) is 73.9 Å². The van der Waals surface area contributed by atoms with Gasteiger partial charge in [-0.2, -0.15) is 0 Å². The quantitative estimate of drug-likeness (QED) is 0.889. The maximum absolute atomic E-state index is 12.5. The fourth-order valence-corrected chi connectivity index (χ4v) is 3.38. The van der Waals surface area contributed by atoms with Crippen molar-refractivity contribution in [2.75, 3.05) is 17.9 Å². The number of hydrogen-bond acceptors (Lipinski definition) is 5. The third-order valence-corrected chi connectivity index (χ3v) is 4.58. The van der Waals surface area contributed by atoms with Gasteiger partial charge in [-0.1, -0.05) is 12.1 Å². The monoisotopic (exact) mass is 375 g/mol. The van der Waals surface area contributed by atoms with E-state index in [4.69, 9.17) is 9.47 Å². The summed E-state index contributed by atoms with van der Waals surface area (Å²) in [6, 6.07) is 8.78. The van der Waals surface area contributed by atoms with Crippen molar-refractivity contribution in [1.82, 2.24) is 0 Å². The summed E-state index contributed by atoms with van der Waals surface area (Å²) in [6.07, 6.45) is -5.01. The molecule has 1 heterocycles. The highest BCUT2D eigenvalue weighted by Crippen LogP contribution is 2.35. The molecule has 0 saturated carbocycles. The Labute approximate surface area is 141 Å². The molecular formula is C15H12F3NO5S. The summed E-state index contributed by atoms with van der Waals surface area (Å²) < 4.78 is 78.9. The number of anilines is 1. The molecule has 10 heteroatoms. The minimum atomic E-state index is -5.01. The number of sulfonamides is 1. The van der Waals surface area contributed by atoms with Crippen LogP contribution in [0.25, 0.3) is 0 Å². The molecule has 0 fully saturated rings. The standard InChI is InChI=1S/C15H12F3NO5S/c16-15(17,18)24-12-3-1-2-4-14(12)25(20,21)19-10-5-6-11-13(9-10)23-8-7-22-11/h1-6,9,19H,7-8H2. The van der Waals surface area contributed by atoms with Gasteiger partial charge in [-0.25, -0.2) is 8.42 Å². The second-order valence-corrected chi connectivity index (χ2v) is 6.61. The summed E-state index contributed by atoms with van der Waals surface area (Å²) in [4.78, 5) is -0.637. The molecule has 0 unspecified atom stereocenters. The Morgan fingerprint density at radius 1 is 1.00 bits per heavy atom. The summed E-state index contributed by atoms with van der Waals surface area (Å²) in [7, 11) is -4.31. The van der Waals surface area contributed by atoms with Crippen LogP contribution in [0.5, 0.6) is 17.2 Å². The number of nitrogens with one attached hydrogen (secondary N) is 1. The van der Waals surface area contributed by atoms with E-state index >= 15 is 0 Å². The lowest BCUT2D eigenvalue weighted by atomic mass is 10.3. The van der Waals surface area contributed by atoms with Gasteiger partial charge < -0.3 is 14.2 Å². The largest absolute Gasteiger partial charge is 0.573 e. The number of benzene rings is 2. The molecule has 2 aromatic rings. The van der Waals surface area contributed by atoms with Crippen molar-refractivity contribution in [3.05, 3.63) is 42.5 Å². The van der Waals surface area contributed by atoms with Crippen molar-refractivity contribution in [3.8, 4) is 17.2 Å². The smallest absolute Gasteiger partial charge is 0.486 e. The van der Waals surface area contributed by atoms with Crippen molar-refractivity contribution in [3.63, 3.8) is 0 Å². The van der Waals surface area contributed by atoms with Crippen LogP contribution in [-0.4, -0.2) is 28.0 Å². The molecule has 0 spiro atoms. The zero-order valence-electron chi connectivity index (χ0n) is 12.5. The molecule has 0 aliphatic carbocycles. The van der Waals surface area contributed by atoms with E-state index in [1.807, 2.05) is 0 Å². The number of ether oxygens (including phenoxy) is 3. The van der Waals surface area contributed by atoms with Crippen molar-refractivity contribution < 1.29 is 35.8 Å². The number of para-hydroxylation sites is 1. The molecule has 0 radical (unpaired) electrons. The predicted molar refractivity (Wildman–Crippen MR) is 81.4 cm³/mol. The number of fused-ring (bicyclic) bond motifs is 1. The molecule has 2 aromatic carbocycles. The van der Waals surface area contributed by atoms with E-state index in [1.165, 1.54) is 30.3 Å². The lowest BCUT2D eigenvalue weighted by Crippen LogP contribution is -2.21. The van der Waals surface area contributed by atoms with E-state index < -0.39 is 27.0 Å². The van der Waals surface area contributed by atoms with Crippen molar-refractivity contribution >= 4 is 15.7 Å². The van der Waals surface area contributed by atoms with E-state index in [9.17, 15) is 21.6 Å². The van der Waals surface area contributed by atoms with E-state index in [1.54, 1.807) is 0 Å². The second-order valence-electron chi connectivity index (χ2n) is 4.96. The third kappa shape index (κ3) is 4.08. The molecule has 0 aromatic heterocycles. The zero-order chi connectivity index (χ0) is 18.1. The third-order valence-electron chi connectivity index (χ3n) is 3.16. The molecule has 1 aliphatic heterocycles. The summed E-state index contributed by atoms with van der Waals surface area (Å²) in [6.45, 7) is 0.686. The van der Waals surface area contributed by atoms with Gasteiger partial charge >= 0.3 is 6.36 Å². The fraction of sp³-hybridized carbons (Fsp3) is 0.200. The summed E-state index contributed by atoms with van der Waals surface area (Å²) in [5, 5.41) is 0. The van der Waals surface area contributed by atoms with Crippen molar-refractivity contribution in [2.24, 2.45) is 0 Å². The highest BCUT2D eigenvalue weighted by molar-refractivity contribution is 7.92. The van der Waals surface area contributed by atoms with Crippen LogP contribution in [0.3, 0.4) is 0 Å². The second kappa shape index (κ2) is 6.36. The minimum absolute atomic E-state index is 0.117. The maximum atomic E-state index is 12.5. The summed E-state index contributed by atoms with van der Waals surface area (Å²) in [5.41, 5.74) is 0.117. The van der Waals surface area contributed by atoms with Crippen LogP contribution >= 0.6 is 0 Å². The molecule has 6 nitrogen and oxygen atoms in total. The number of halogens is 3. The van der Waals surface area contributed by atoms with Crippen LogP contribution in [-0.2, 0) is 10.0 Å². The van der Waals surface area contributed by atoms with Gasteiger partial charge in [0.15, 0.2) is 11.5 Å². The molecule has 0 amide bonds. The van der Waals surface area contributed by atoms with Crippen LogP contribution in [0.4, 0.5) is 18.9 Å². The molecular weight excluding hydrogens is 363 g/mol. The van der Waals surface area contributed by atoms with Crippen LogP contribution < -0.4 is 18.9 Å². The first kappa shape index (κ1) is 17.2. The molecule has 0 atom stereocenters. The Morgan fingerprint density at radius 3 is 2.40 bits per heavy atom. The van der Waals surface area contributed by atoms with Gasteiger partial charge in [0.05, 0.1) is 5.69 Å². The number of hydrogen-bond donors (Lipinski definition) is 1. The SMILES string of the molecule is O=S(=O)(Nc1ccc2c(c1)OCCO2)c1ccccc1OC(F)(F)F. The minimum Gasteiger partial charge on any atom is -0.486 e. The molecule has 134 valence electrons. The van der Waals surface area contributed by atoms with Gasteiger partial charge in [0.1, 0.15) is 23.9 Å². The first-order valence-electron chi connectivity index (χ1n) is 7.02. The van der Waals surface area contributed by atoms with Gasteiger partial charge in [0.25, 0.3) is 10.0 Å². The zero-order valence-corrected chi connectivity index (χ0v) is 13.4. The molecule has 0 bridgehead atoms. The maximum Gasteiger partial charge on any atom is 0.573 e. The van der Waals surface area contributed by atoms with Gasteiger partial charge in [-0.3, -0.25) is 4.72 Å². The van der Waals surface area contributed by atoms with Crippen molar-refractivity contribution in [1.29, 1.82) is 0 Å². The number of rotatable bonds is 4. The van der Waals surface area contributed by atoms with E-state index in [-0.39, 0.29) is 5.69 Å². The first-order chi connectivity index (χ1) is 11.7. The Balaban J connectivity index is 1.90. The van der Waals surface area contributed by atoms with Gasteiger partial charge in [0.2, 0.25) is 0 Å². The van der Waals surface area contributed by atoms with E-state index in [0.29, 0.717) is 24.7 Å². The molecule has 0 saturated heterocycles. The average molecular weight is 375 g/mol. The Morgan fingerprint density at radius 2 is 1.68 bits per heavy atom. The lowest BCUT2D eigenvalue weighted by Gasteiger charge is -2.19. The van der Waals surface area contributed by atoms with Gasteiger partial charge in [0, 0.05) is 6.07 Å². The average Bonchev–Trinajstić information content (AvgIpc) is 2.53. The highest BCUT2D eigenvalue weighted by Gasteiger charge is 2.34. The molecule has 3 rings (SSSR count). The Bertz CT molecular complexity index is 883. The summed E-state index contributed by atoms with van der Waals surface area (Å²) >= 11 is 0. The lowest BCUT2D eigenvalue weighted by molar-refractivity contribution is -0.275. The fourth-order valence-electron chi connectivity index (χ4n) is 2.20. The van der Waals surface area contributed by atoms with Gasteiger partial charge in [-0.05, 0) is 24.3 Å².